The largest absolute Gasteiger partial charge is 0.399 e. The Morgan fingerprint density at radius 3 is 2.74 bits per heavy atom. The van der Waals surface area contributed by atoms with Crippen molar-refractivity contribution in [1.82, 2.24) is 4.98 Å². The van der Waals surface area contributed by atoms with Crippen LogP contribution in [0.2, 0.25) is 0 Å². The summed E-state index contributed by atoms with van der Waals surface area (Å²) in [4.78, 5) is 4.76. The molecule has 3 rings (SSSR count). The molecule has 1 aromatic heterocycles. The molecule has 0 radical (unpaired) electrons. The van der Waals surface area contributed by atoms with Crippen molar-refractivity contribution in [3.63, 3.8) is 0 Å². The lowest BCUT2D eigenvalue weighted by molar-refractivity contribution is -0.0701. The van der Waals surface area contributed by atoms with Gasteiger partial charge in [0.05, 0.1) is 5.69 Å². The van der Waals surface area contributed by atoms with E-state index < -0.39 is 0 Å². The van der Waals surface area contributed by atoms with Gasteiger partial charge in [0.2, 0.25) is 0 Å². The highest BCUT2D eigenvalue weighted by Gasteiger charge is 2.32. The van der Waals surface area contributed by atoms with Crippen molar-refractivity contribution in [1.29, 1.82) is 0 Å². The van der Waals surface area contributed by atoms with Gasteiger partial charge in [-0.05, 0) is 38.3 Å². The molecule has 1 atom stereocenters. The molecule has 1 aliphatic rings. The molecule has 1 aromatic carbocycles. The summed E-state index contributed by atoms with van der Waals surface area (Å²) in [7, 11) is 0. The van der Waals surface area contributed by atoms with Gasteiger partial charge >= 0.3 is 0 Å². The molecular formula is C15H18N2OS. The molecule has 2 N–H and O–H groups in total. The molecule has 19 heavy (non-hydrogen) atoms. The van der Waals surface area contributed by atoms with E-state index in [1.807, 2.05) is 24.3 Å². The molecule has 4 heteroatoms. The average Bonchev–Trinajstić information content (AvgIpc) is 2.91. The van der Waals surface area contributed by atoms with Crippen molar-refractivity contribution in [2.45, 2.75) is 31.8 Å². The Labute approximate surface area is 117 Å². The minimum absolute atomic E-state index is 0.199. The first kappa shape index (κ1) is 12.6. The Morgan fingerprint density at radius 2 is 2.05 bits per heavy atom. The molecular weight excluding hydrogens is 256 g/mol. The molecule has 3 nitrogen and oxygen atoms in total. The zero-order chi connectivity index (χ0) is 13.3. The Bertz CT molecular complexity index is 556. The molecule has 1 fully saturated rings. The molecule has 0 saturated carbocycles. The number of ether oxygens (including phenoxy) is 1. The van der Waals surface area contributed by atoms with Crippen LogP contribution in [0.4, 0.5) is 5.69 Å². The summed E-state index contributed by atoms with van der Waals surface area (Å²) in [5.74, 6) is 0. The zero-order valence-corrected chi connectivity index (χ0v) is 11.9. The predicted octanol–water partition coefficient (Wildman–Crippen LogP) is 3.81. The molecule has 0 spiro atoms. The molecule has 1 unspecified atom stereocenters. The highest BCUT2D eigenvalue weighted by Crippen LogP contribution is 2.37. The first-order valence-electron chi connectivity index (χ1n) is 6.63. The third kappa shape index (κ3) is 2.51. The van der Waals surface area contributed by atoms with E-state index in [0.717, 1.165) is 41.4 Å². The maximum absolute atomic E-state index is 5.95. The third-order valence-electron chi connectivity index (χ3n) is 3.63. The van der Waals surface area contributed by atoms with Gasteiger partial charge in [-0.25, -0.2) is 4.98 Å². The van der Waals surface area contributed by atoms with Crippen molar-refractivity contribution in [3.8, 4) is 11.3 Å². The van der Waals surface area contributed by atoms with Gasteiger partial charge in [-0.15, -0.1) is 11.3 Å². The number of nitrogens with two attached hydrogens (primary N) is 1. The van der Waals surface area contributed by atoms with Crippen molar-refractivity contribution in [2.24, 2.45) is 0 Å². The first-order valence-corrected chi connectivity index (χ1v) is 7.51. The Balaban J connectivity index is 1.88. The summed E-state index contributed by atoms with van der Waals surface area (Å²) in [6.07, 6.45) is 3.43. The lowest BCUT2D eigenvalue weighted by Crippen LogP contribution is -2.29. The van der Waals surface area contributed by atoms with Gasteiger partial charge in [0.25, 0.3) is 0 Å². The monoisotopic (exact) mass is 274 g/mol. The van der Waals surface area contributed by atoms with Gasteiger partial charge in [-0.1, -0.05) is 12.1 Å². The van der Waals surface area contributed by atoms with Crippen LogP contribution in [-0.2, 0) is 10.3 Å². The maximum Gasteiger partial charge on any atom is 0.125 e. The molecule has 0 bridgehead atoms. The van der Waals surface area contributed by atoms with E-state index in [1.54, 1.807) is 11.3 Å². The van der Waals surface area contributed by atoms with Crippen LogP contribution < -0.4 is 5.73 Å². The van der Waals surface area contributed by atoms with Crippen LogP contribution in [0, 0.1) is 0 Å². The van der Waals surface area contributed by atoms with Crippen LogP contribution in [0.3, 0.4) is 0 Å². The van der Waals surface area contributed by atoms with E-state index in [-0.39, 0.29) is 5.60 Å². The predicted molar refractivity (Wildman–Crippen MR) is 79.1 cm³/mol. The minimum Gasteiger partial charge on any atom is -0.399 e. The topological polar surface area (TPSA) is 48.1 Å². The van der Waals surface area contributed by atoms with E-state index in [0.29, 0.717) is 0 Å². The summed E-state index contributed by atoms with van der Waals surface area (Å²) < 4.78 is 5.95. The summed E-state index contributed by atoms with van der Waals surface area (Å²) in [5.41, 5.74) is 8.41. The smallest absolute Gasteiger partial charge is 0.125 e. The van der Waals surface area contributed by atoms with Crippen LogP contribution in [0.1, 0.15) is 31.2 Å². The highest BCUT2D eigenvalue weighted by molar-refractivity contribution is 7.10. The number of hydrogen-bond acceptors (Lipinski definition) is 4. The first-order chi connectivity index (χ1) is 9.17. The van der Waals surface area contributed by atoms with E-state index in [1.165, 1.54) is 6.42 Å². The van der Waals surface area contributed by atoms with E-state index >= 15 is 0 Å². The van der Waals surface area contributed by atoms with Gasteiger partial charge in [0.15, 0.2) is 0 Å². The number of benzene rings is 1. The zero-order valence-electron chi connectivity index (χ0n) is 11.1. The fourth-order valence-corrected chi connectivity index (χ4v) is 3.38. The van der Waals surface area contributed by atoms with E-state index in [2.05, 4.69) is 12.3 Å². The van der Waals surface area contributed by atoms with E-state index in [9.17, 15) is 0 Å². The second kappa shape index (κ2) is 4.94. The van der Waals surface area contributed by atoms with E-state index in [4.69, 9.17) is 15.5 Å². The van der Waals surface area contributed by atoms with Crippen LogP contribution in [0.15, 0.2) is 29.6 Å². The number of hydrogen-bond donors (Lipinski definition) is 1. The summed E-state index contributed by atoms with van der Waals surface area (Å²) in [5, 5.41) is 3.18. The van der Waals surface area contributed by atoms with Gasteiger partial charge < -0.3 is 10.5 Å². The molecule has 100 valence electrons. The van der Waals surface area contributed by atoms with Crippen LogP contribution in [0.25, 0.3) is 11.3 Å². The Hall–Kier alpha value is -1.39. The molecule has 2 aromatic rings. The highest BCUT2D eigenvalue weighted by atomic mass is 32.1. The fourth-order valence-electron chi connectivity index (χ4n) is 2.41. The Kier molecular flexibility index (Phi) is 3.29. The summed E-state index contributed by atoms with van der Waals surface area (Å²) in [6.45, 7) is 2.99. The molecule has 0 amide bonds. The second-order valence-corrected chi connectivity index (χ2v) is 6.05. The lowest BCUT2D eigenvalue weighted by Gasteiger charge is -2.31. The van der Waals surface area contributed by atoms with Gasteiger partial charge in [0, 0.05) is 23.2 Å². The number of rotatable bonds is 2. The quantitative estimate of drug-likeness (QED) is 0.847. The number of anilines is 1. The van der Waals surface area contributed by atoms with Crippen LogP contribution in [-0.4, -0.2) is 11.6 Å². The Morgan fingerprint density at radius 1 is 1.26 bits per heavy atom. The van der Waals surface area contributed by atoms with Gasteiger partial charge in [0.1, 0.15) is 10.6 Å². The lowest BCUT2D eigenvalue weighted by atomic mass is 9.97. The third-order valence-corrected chi connectivity index (χ3v) is 4.72. The maximum atomic E-state index is 5.95. The summed E-state index contributed by atoms with van der Waals surface area (Å²) in [6, 6.07) is 7.84. The SMILES string of the molecule is CC1(c2nc(-c3ccc(N)cc3)cs2)CCCCO1. The standard InChI is InChI=1S/C15H18N2OS/c1-15(8-2-3-9-18-15)14-17-13(10-19-14)11-4-6-12(16)7-5-11/h4-7,10H,2-3,8-9,16H2,1H3. The van der Waals surface area contributed by atoms with Gasteiger partial charge in [-0.3, -0.25) is 0 Å². The summed E-state index contributed by atoms with van der Waals surface area (Å²) >= 11 is 1.69. The number of nitrogen functional groups attached to an aromatic ring is 1. The van der Waals surface area contributed by atoms with Crippen LogP contribution in [0.5, 0.6) is 0 Å². The normalized spacial score (nSPS) is 23.4. The second-order valence-electron chi connectivity index (χ2n) is 5.20. The van der Waals surface area contributed by atoms with Crippen molar-refractivity contribution >= 4 is 17.0 Å². The molecule has 0 aliphatic carbocycles. The number of nitrogens with zero attached hydrogens (tertiary/aromatic N) is 1. The fraction of sp³-hybridized carbons (Fsp3) is 0.400. The average molecular weight is 274 g/mol. The van der Waals surface area contributed by atoms with Crippen LogP contribution >= 0.6 is 11.3 Å². The van der Waals surface area contributed by atoms with Gasteiger partial charge in [-0.2, -0.15) is 0 Å². The van der Waals surface area contributed by atoms with Crippen molar-refractivity contribution in [2.75, 3.05) is 12.3 Å². The van der Waals surface area contributed by atoms with Crippen molar-refractivity contribution < 1.29 is 4.74 Å². The molecule has 1 saturated heterocycles. The molecule has 1 aliphatic heterocycles. The van der Waals surface area contributed by atoms with Crippen molar-refractivity contribution in [3.05, 3.63) is 34.7 Å². The number of aromatic nitrogens is 1. The molecule has 2 heterocycles. The minimum atomic E-state index is -0.199. The number of thiazole rings is 1.